The largest absolute Gasteiger partial charge is 0.378 e. The van der Waals surface area contributed by atoms with Crippen molar-refractivity contribution in [2.75, 3.05) is 43.6 Å². The maximum atomic E-state index is 13.5. The summed E-state index contributed by atoms with van der Waals surface area (Å²) in [6.45, 7) is 3.67. The van der Waals surface area contributed by atoms with Crippen molar-refractivity contribution in [1.82, 2.24) is 4.90 Å². The molecule has 0 saturated carbocycles. The third-order valence-electron chi connectivity index (χ3n) is 5.46. The molecule has 0 bridgehead atoms. The highest BCUT2D eigenvalue weighted by Gasteiger charge is 2.32. The van der Waals surface area contributed by atoms with Crippen molar-refractivity contribution in [1.29, 1.82) is 0 Å². The quantitative estimate of drug-likeness (QED) is 0.862. The fraction of sp³-hybridized carbons (Fsp3) is 0.364. The van der Waals surface area contributed by atoms with E-state index in [1.165, 1.54) is 12.1 Å². The number of anilines is 2. The number of morpholine rings is 1. The van der Waals surface area contributed by atoms with Crippen LogP contribution in [0.2, 0.25) is 0 Å². The van der Waals surface area contributed by atoms with Crippen LogP contribution in [-0.4, -0.2) is 50.1 Å². The van der Waals surface area contributed by atoms with E-state index in [-0.39, 0.29) is 18.2 Å². The van der Waals surface area contributed by atoms with Crippen molar-refractivity contribution in [3.8, 4) is 0 Å². The van der Waals surface area contributed by atoms with Crippen LogP contribution in [0.1, 0.15) is 23.5 Å². The SMILES string of the molecule is CN(Cc1ccc(N2CCOCC2)cc1)C(=O)C1CC(=O)Nc2cc(F)ccc21. The van der Waals surface area contributed by atoms with Crippen LogP contribution in [0, 0.1) is 5.82 Å². The van der Waals surface area contributed by atoms with Gasteiger partial charge < -0.3 is 19.9 Å². The maximum absolute atomic E-state index is 13.5. The van der Waals surface area contributed by atoms with E-state index in [1.54, 1.807) is 18.0 Å². The van der Waals surface area contributed by atoms with E-state index in [9.17, 15) is 14.0 Å². The highest BCUT2D eigenvalue weighted by atomic mass is 19.1. The first kappa shape index (κ1) is 19.4. The summed E-state index contributed by atoms with van der Waals surface area (Å²) in [6.07, 6.45) is 0.0672. The third kappa shape index (κ3) is 4.24. The summed E-state index contributed by atoms with van der Waals surface area (Å²) in [4.78, 5) is 28.9. The summed E-state index contributed by atoms with van der Waals surface area (Å²) in [5, 5.41) is 2.65. The van der Waals surface area contributed by atoms with Crippen molar-refractivity contribution in [3.63, 3.8) is 0 Å². The minimum Gasteiger partial charge on any atom is -0.378 e. The van der Waals surface area contributed by atoms with Gasteiger partial charge in [-0.25, -0.2) is 4.39 Å². The number of fused-ring (bicyclic) bond motifs is 1. The van der Waals surface area contributed by atoms with Crippen molar-refractivity contribution in [2.45, 2.75) is 18.9 Å². The number of benzene rings is 2. The van der Waals surface area contributed by atoms with Gasteiger partial charge in [0.05, 0.1) is 19.1 Å². The monoisotopic (exact) mass is 397 g/mol. The first-order valence-corrected chi connectivity index (χ1v) is 9.77. The highest BCUT2D eigenvalue weighted by molar-refractivity contribution is 6.01. The molecule has 1 fully saturated rings. The molecular weight excluding hydrogens is 373 g/mol. The predicted octanol–water partition coefficient (Wildman–Crippen LogP) is 2.75. The van der Waals surface area contributed by atoms with Gasteiger partial charge >= 0.3 is 0 Å². The molecule has 2 aliphatic heterocycles. The molecule has 6 nitrogen and oxygen atoms in total. The van der Waals surface area contributed by atoms with Crippen LogP contribution in [-0.2, 0) is 20.9 Å². The highest BCUT2D eigenvalue weighted by Crippen LogP contribution is 2.34. The normalized spacial score (nSPS) is 18.8. The lowest BCUT2D eigenvalue weighted by Gasteiger charge is -2.30. The Kier molecular flexibility index (Phi) is 5.49. The lowest BCUT2D eigenvalue weighted by Crippen LogP contribution is -2.36. The molecule has 2 aromatic rings. The lowest BCUT2D eigenvalue weighted by atomic mass is 9.89. The van der Waals surface area contributed by atoms with E-state index in [1.807, 2.05) is 12.1 Å². The molecule has 7 heteroatoms. The molecule has 0 aliphatic carbocycles. The van der Waals surface area contributed by atoms with Crippen molar-refractivity contribution in [2.24, 2.45) is 0 Å². The number of hydrogen-bond acceptors (Lipinski definition) is 4. The van der Waals surface area contributed by atoms with Gasteiger partial charge in [0.15, 0.2) is 0 Å². The van der Waals surface area contributed by atoms with Crippen molar-refractivity contribution in [3.05, 3.63) is 59.4 Å². The van der Waals surface area contributed by atoms with E-state index in [0.717, 1.165) is 37.6 Å². The summed E-state index contributed by atoms with van der Waals surface area (Å²) >= 11 is 0. The van der Waals surface area contributed by atoms with Gasteiger partial charge in [-0.3, -0.25) is 9.59 Å². The molecule has 29 heavy (non-hydrogen) atoms. The Morgan fingerprint density at radius 3 is 2.66 bits per heavy atom. The summed E-state index contributed by atoms with van der Waals surface area (Å²) in [6, 6.07) is 12.3. The fourth-order valence-electron chi connectivity index (χ4n) is 3.91. The molecule has 0 spiro atoms. The summed E-state index contributed by atoms with van der Waals surface area (Å²) in [5.41, 5.74) is 3.19. The topological polar surface area (TPSA) is 61.9 Å². The average Bonchev–Trinajstić information content (AvgIpc) is 2.73. The van der Waals surface area contributed by atoms with Gasteiger partial charge in [0.25, 0.3) is 0 Å². The average molecular weight is 397 g/mol. The number of nitrogens with zero attached hydrogens (tertiary/aromatic N) is 2. The molecule has 1 saturated heterocycles. The van der Waals surface area contributed by atoms with Crippen LogP contribution < -0.4 is 10.2 Å². The van der Waals surface area contributed by atoms with E-state index < -0.39 is 11.7 Å². The Balaban J connectivity index is 1.45. The molecule has 4 rings (SSSR count). The maximum Gasteiger partial charge on any atom is 0.230 e. The molecule has 152 valence electrons. The molecule has 1 N–H and O–H groups in total. The Labute approximate surface area is 169 Å². The van der Waals surface area contributed by atoms with E-state index in [4.69, 9.17) is 4.74 Å². The van der Waals surface area contributed by atoms with Crippen LogP contribution in [0.4, 0.5) is 15.8 Å². The molecule has 1 atom stereocenters. The minimum atomic E-state index is -0.600. The molecule has 0 aromatic heterocycles. The number of ether oxygens (including phenoxy) is 1. The number of carbonyl (C=O) groups excluding carboxylic acids is 2. The van der Waals surface area contributed by atoms with Crippen LogP contribution in [0.15, 0.2) is 42.5 Å². The summed E-state index contributed by atoms with van der Waals surface area (Å²) in [5.74, 6) is -1.46. The molecule has 2 heterocycles. The second-order valence-corrected chi connectivity index (χ2v) is 7.50. The Morgan fingerprint density at radius 2 is 1.93 bits per heavy atom. The zero-order valence-electron chi connectivity index (χ0n) is 16.4. The van der Waals surface area contributed by atoms with Gasteiger partial charge in [0.2, 0.25) is 11.8 Å². The zero-order valence-corrected chi connectivity index (χ0v) is 16.4. The van der Waals surface area contributed by atoms with Crippen LogP contribution in [0.5, 0.6) is 0 Å². The fourth-order valence-corrected chi connectivity index (χ4v) is 3.91. The number of amides is 2. The van der Waals surface area contributed by atoms with Gasteiger partial charge in [-0.05, 0) is 35.4 Å². The Morgan fingerprint density at radius 1 is 1.21 bits per heavy atom. The number of likely N-dealkylation sites (N-methyl/N-ethyl adjacent to an activating group) is 1. The molecule has 2 amide bonds. The molecule has 2 aromatic carbocycles. The molecular formula is C22H24FN3O3. The van der Waals surface area contributed by atoms with Gasteiger partial charge in [-0.2, -0.15) is 0 Å². The first-order valence-electron chi connectivity index (χ1n) is 9.77. The number of carbonyl (C=O) groups is 2. The van der Waals surface area contributed by atoms with Crippen molar-refractivity contribution < 1.29 is 18.7 Å². The lowest BCUT2D eigenvalue weighted by molar-refractivity contribution is -0.134. The number of nitrogens with one attached hydrogen (secondary N) is 1. The van der Waals surface area contributed by atoms with Crippen LogP contribution in [0.25, 0.3) is 0 Å². The number of halogens is 1. The number of rotatable bonds is 4. The van der Waals surface area contributed by atoms with Crippen molar-refractivity contribution >= 4 is 23.2 Å². The third-order valence-corrected chi connectivity index (χ3v) is 5.46. The summed E-state index contributed by atoms with van der Waals surface area (Å²) < 4.78 is 18.9. The van der Waals surface area contributed by atoms with E-state index in [0.29, 0.717) is 17.8 Å². The smallest absolute Gasteiger partial charge is 0.230 e. The second kappa shape index (κ2) is 8.21. The predicted molar refractivity (Wildman–Crippen MR) is 108 cm³/mol. The van der Waals surface area contributed by atoms with Gasteiger partial charge in [0, 0.05) is 44.5 Å². The number of hydrogen-bond donors (Lipinski definition) is 1. The molecule has 1 unspecified atom stereocenters. The molecule has 0 radical (unpaired) electrons. The van der Waals surface area contributed by atoms with Gasteiger partial charge in [0.1, 0.15) is 5.82 Å². The van der Waals surface area contributed by atoms with Crippen LogP contribution in [0.3, 0.4) is 0 Å². The minimum absolute atomic E-state index is 0.0672. The first-order chi connectivity index (χ1) is 14.0. The van der Waals surface area contributed by atoms with Gasteiger partial charge in [-0.1, -0.05) is 18.2 Å². The van der Waals surface area contributed by atoms with E-state index in [2.05, 4.69) is 22.3 Å². The zero-order chi connectivity index (χ0) is 20.4. The van der Waals surface area contributed by atoms with Gasteiger partial charge in [-0.15, -0.1) is 0 Å². The van der Waals surface area contributed by atoms with E-state index >= 15 is 0 Å². The van der Waals surface area contributed by atoms with Crippen LogP contribution >= 0.6 is 0 Å². The molecule has 2 aliphatic rings. The summed E-state index contributed by atoms with van der Waals surface area (Å²) in [7, 11) is 1.73. The Bertz CT molecular complexity index is 910. The Hall–Kier alpha value is -2.93. The standard InChI is InChI=1S/C22H24FN3O3/c1-25(14-15-2-5-17(6-3-15)26-8-10-29-11-9-26)22(28)19-13-21(27)24-20-12-16(23)4-7-18(19)20/h2-7,12,19H,8-11,13-14H2,1H3,(H,24,27). The second-order valence-electron chi connectivity index (χ2n) is 7.50.